The van der Waals surface area contributed by atoms with Crippen molar-refractivity contribution in [1.29, 1.82) is 0 Å². The van der Waals surface area contributed by atoms with E-state index >= 15 is 0 Å². The molecule has 2 saturated heterocycles. The van der Waals surface area contributed by atoms with Crippen molar-refractivity contribution < 1.29 is 14.1 Å². The van der Waals surface area contributed by atoms with E-state index in [0.717, 1.165) is 36.3 Å². The Kier molecular flexibility index (Phi) is 3.67. The van der Waals surface area contributed by atoms with Gasteiger partial charge in [0, 0.05) is 28.8 Å². The summed E-state index contributed by atoms with van der Waals surface area (Å²) in [5.74, 6) is 0.131. The van der Waals surface area contributed by atoms with Crippen molar-refractivity contribution in [2.24, 2.45) is 0 Å². The van der Waals surface area contributed by atoms with Crippen LogP contribution in [0.3, 0.4) is 0 Å². The zero-order valence-electron chi connectivity index (χ0n) is 13.1. The summed E-state index contributed by atoms with van der Waals surface area (Å²) in [4.78, 5) is 14.3. The Morgan fingerprint density at radius 2 is 1.76 bits per heavy atom. The lowest BCUT2D eigenvalue weighted by Gasteiger charge is -2.32. The maximum atomic E-state index is 12.4. The zero-order chi connectivity index (χ0) is 15.3. The molecule has 21 heavy (non-hydrogen) atoms. The molecular weight excluding hydrogens is 285 g/mol. The molecule has 4 nitrogen and oxygen atoms in total. The Balaban J connectivity index is 1.75. The predicted octanol–water partition coefficient (Wildman–Crippen LogP) is 2.28. The van der Waals surface area contributed by atoms with Gasteiger partial charge >= 0.3 is 7.12 Å². The van der Waals surface area contributed by atoms with E-state index in [1.807, 2.05) is 44.0 Å². The summed E-state index contributed by atoms with van der Waals surface area (Å²) >= 11 is 1.54. The van der Waals surface area contributed by atoms with E-state index in [-0.39, 0.29) is 24.2 Å². The van der Waals surface area contributed by atoms with Crippen LogP contribution in [0.4, 0.5) is 0 Å². The SMILES string of the molecule is CC1(C)OB(c2cc(C(=O)N3CCCC3)cs2)OC1(C)C. The summed E-state index contributed by atoms with van der Waals surface area (Å²) in [5.41, 5.74) is 0.0632. The topological polar surface area (TPSA) is 38.8 Å². The number of carbonyl (C=O) groups excluding carboxylic acids is 1. The van der Waals surface area contributed by atoms with Gasteiger partial charge in [-0.25, -0.2) is 0 Å². The maximum absolute atomic E-state index is 12.4. The number of rotatable bonds is 2. The molecule has 0 spiro atoms. The second-order valence-electron chi connectivity index (χ2n) is 6.83. The molecule has 1 aromatic rings. The fourth-order valence-electron chi connectivity index (χ4n) is 2.65. The molecule has 0 saturated carbocycles. The minimum atomic E-state index is -0.375. The van der Waals surface area contributed by atoms with Gasteiger partial charge in [0.2, 0.25) is 0 Å². The van der Waals surface area contributed by atoms with Crippen molar-refractivity contribution in [3.63, 3.8) is 0 Å². The maximum Gasteiger partial charge on any atom is 0.505 e. The highest BCUT2D eigenvalue weighted by Crippen LogP contribution is 2.36. The summed E-state index contributed by atoms with van der Waals surface area (Å²) < 4.78 is 13.0. The van der Waals surface area contributed by atoms with Crippen LogP contribution in [0.2, 0.25) is 0 Å². The van der Waals surface area contributed by atoms with Crippen LogP contribution in [0.15, 0.2) is 11.4 Å². The molecule has 3 heterocycles. The Hall–Kier alpha value is -0.845. The minimum Gasteiger partial charge on any atom is -0.399 e. The molecule has 0 aromatic carbocycles. The molecule has 3 rings (SSSR count). The molecule has 2 aliphatic heterocycles. The van der Waals surface area contributed by atoms with Crippen molar-refractivity contribution in [2.45, 2.75) is 51.7 Å². The van der Waals surface area contributed by atoms with E-state index < -0.39 is 0 Å². The third-order valence-corrected chi connectivity index (χ3v) is 5.70. The largest absolute Gasteiger partial charge is 0.505 e. The molecule has 0 N–H and O–H groups in total. The van der Waals surface area contributed by atoms with Gasteiger partial charge in [-0.05, 0) is 46.6 Å². The van der Waals surface area contributed by atoms with E-state index in [9.17, 15) is 4.79 Å². The average Bonchev–Trinajstić information content (AvgIpc) is 3.10. The summed E-state index contributed by atoms with van der Waals surface area (Å²) in [6, 6.07) is 1.92. The van der Waals surface area contributed by atoms with Crippen LogP contribution in [-0.2, 0) is 9.31 Å². The van der Waals surface area contributed by atoms with Gasteiger partial charge in [-0.1, -0.05) is 0 Å². The Labute approximate surface area is 130 Å². The standard InChI is InChI=1S/C15H22BNO3S/c1-14(2)15(3,4)20-16(19-14)12-9-11(10-21-12)13(18)17-7-5-6-8-17/h9-10H,5-8H2,1-4H3. The normalized spacial score (nSPS) is 23.8. The number of nitrogens with zero attached hydrogens (tertiary/aromatic N) is 1. The van der Waals surface area contributed by atoms with Gasteiger partial charge in [-0.3, -0.25) is 4.79 Å². The van der Waals surface area contributed by atoms with Crippen LogP contribution < -0.4 is 4.78 Å². The Bertz CT molecular complexity index is 533. The first-order valence-electron chi connectivity index (χ1n) is 7.53. The number of likely N-dealkylation sites (tertiary alicyclic amines) is 1. The van der Waals surface area contributed by atoms with Crippen LogP contribution in [0.5, 0.6) is 0 Å². The van der Waals surface area contributed by atoms with Crippen LogP contribution in [0.25, 0.3) is 0 Å². The van der Waals surface area contributed by atoms with E-state index in [1.165, 1.54) is 11.3 Å². The van der Waals surface area contributed by atoms with Gasteiger partial charge in [-0.2, -0.15) is 11.3 Å². The molecule has 0 unspecified atom stereocenters. The van der Waals surface area contributed by atoms with E-state index in [4.69, 9.17) is 9.31 Å². The molecule has 0 bridgehead atoms. The molecule has 1 amide bonds. The fourth-order valence-corrected chi connectivity index (χ4v) is 3.48. The van der Waals surface area contributed by atoms with Gasteiger partial charge < -0.3 is 14.2 Å². The van der Waals surface area contributed by atoms with Crippen LogP contribution in [-0.4, -0.2) is 42.2 Å². The predicted molar refractivity (Wildman–Crippen MR) is 85.2 cm³/mol. The summed E-state index contributed by atoms with van der Waals surface area (Å²) in [7, 11) is -0.375. The van der Waals surface area contributed by atoms with Gasteiger partial charge in [0.15, 0.2) is 0 Å². The van der Waals surface area contributed by atoms with Gasteiger partial charge in [0.05, 0.1) is 11.2 Å². The van der Waals surface area contributed by atoms with Crippen molar-refractivity contribution >= 4 is 29.1 Å². The summed E-state index contributed by atoms with van der Waals surface area (Å²) in [5, 5.41) is 1.92. The van der Waals surface area contributed by atoms with Crippen LogP contribution in [0.1, 0.15) is 50.9 Å². The lowest BCUT2D eigenvalue weighted by Crippen LogP contribution is -2.41. The molecular formula is C15H22BNO3S. The van der Waals surface area contributed by atoms with Gasteiger partial charge in [-0.15, -0.1) is 0 Å². The third-order valence-electron chi connectivity index (χ3n) is 4.75. The Morgan fingerprint density at radius 1 is 1.19 bits per heavy atom. The smallest absolute Gasteiger partial charge is 0.399 e. The molecule has 0 aliphatic carbocycles. The lowest BCUT2D eigenvalue weighted by atomic mass is 9.87. The monoisotopic (exact) mass is 307 g/mol. The molecule has 2 aliphatic rings. The third kappa shape index (κ3) is 2.65. The molecule has 6 heteroatoms. The van der Waals surface area contributed by atoms with Crippen molar-refractivity contribution in [1.82, 2.24) is 4.90 Å². The quantitative estimate of drug-likeness (QED) is 0.787. The first-order chi connectivity index (χ1) is 9.80. The highest BCUT2D eigenvalue weighted by molar-refractivity contribution is 7.21. The molecule has 0 radical (unpaired) electrons. The minimum absolute atomic E-state index is 0.131. The first-order valence-corrected chi connectivity index (χ1v) is 8.41. The van der Waals surface area contributed by atoms with E-state index in [0.29, 0.717) is 0 Å². The second kappa shape index (κ2) is 5.11. The number of thiophene rings is 1. The lowest BCUT2D eigenvalue weighted by molar-refractivity contribution is 0.00578. The average molecular weight is 307 g/mol. The van der Waals surface area contributed by atoms with Crippen molar-refractivity contribution in [3.05, 3.63) is 17.0 Å². The fraction of sp³-hybridized carbons (Fsp3) is 0.667. The molecule has 0 atom stereocenters. The number of amides is 1. The van der Waals surface area contributed by atoms with Crippen molar-refractivity contribution in [2.75, 3.05) is 13.1 Å². The molecule has 2 fully saturated rings. The number of hydrogen-bond acceptors (Lipinski definition) is 4. The highest BCUT2D eigenvalue weighted by atomic mass is 32.1. The summed E-state index contributed by atoms with van der Waals surface area (Å²) in [6.45, 7) is 9.91. The van der Waals surface area contributed by atoms with E-state index in [2.05, 4.69) is 0 Å². The summed E-state index contributed by atoms with van der Waals surface area (Å²) in [6.07, 6.45) is 2.22. The first kappa shape index (κ1) is 15.1. The van der Waals surface area contributed by atoms with E-state index in [1.54, 1.807) is 0 Å². The number of hydrogen-bond donors (Lipinski definition) is 0. The van der Waals surface area contributed by atoms with Crippen LogP contribution in [0, 0.1) is 0 Å². The highest BCUT2D eigenvalue weighted by Gasteiger charge is 2.52. The number of carbonyl (C=O) groups is 1. The van der Waals surface area contributed by atoms with Gasteiger partial charge in [0.1, 0.15) is 0 Å². The van der Waals surface area contributed by atoms with Gasteiger partial charge in [0.25, 0.3) is 5.91 Å². The molecule has 1 aromatic heterocycles. The van der Waals surface area contributed by atoms with Crippen molar-refractivity contribution in [3.8, 4) is 0 Å². The molecule has 114 valence electrons. The van der Waals surface area contributed by atoms with Crippen LogP contribution >= 0.6 is 11.3 Å². The second-order valence-corrected chi connectivity index (χ2v) is 7.77. The zero-order valence-corrected chi connectivity index (χ0v) is 14.0. The Morgan fingerprint density at radius 3 is 2.33 bits per heavy atom.